The molecule has 122 valence electrons. The summed E-state index contributed by atoms with van der Waals surface area (Å²) in [4.78, 5) is 0. The van der Waals surface area contributed by atoms with Gasteiger partial charge in [-0.1, -0.05) is 65.2 Å². The van der Waals surface area contributed by atoms with Gasteiger partial charge in [-0.05, 0) is 12.8 Å². The van der Waals surface area contributed by atoms with Gasteiger partial charge in [-0.2, -0.15) is 0 Å². The molecule has 0 aliphatic heterocycles. The highest BCUT2D eigenvalue weighted by atomic mass is 31.2. The Morgan fingerprint density at radius 1 is 0.700 bits per heavy atom. The van der Waals surface area contributed by atoms with E-state index in [1.807, 2.05) is 0 Å². The third-order valence-electron chi connectivity index (χ3n) is 3.22. The van der Waals surface area contributed by atoms with Crippen LogP contribution in [0.1, 0.15) is 78.1 Å². The van der Waals surface area contributed by atoms with E-state index in [-0.39, 0.29) is 0 Å². The zero-order chi connectivity index (χ0) is 15.1. The minimum Gasteiger partial charge on any atom is -0.290 e. The van der Waals surface area contributed by atoms with Crippen molar-refractivity contribution in [2.45, 2.75) is 78.1 Å². The van der Waals surface area contributed by atoms with E-state index < -0.39 is 7.82 Å². The third kappa shape index (κ3) is 11.9. The zero-order valence-corrected chi connectivity index (χ0v) is 14.5. The van der Waals surface area contributed by atoms with Crippen molar-refractivity contribution in [3.8, 4) is 0 Å². The molecular weight excluding hydrogens is 275 g/mol. The van der Waals surface area contributed by atoms with Crippen LogP contribution in [0.4, 0.5) is 0 Å². The number of hydrogen-bond donors (Lipinski definition) is 0. The van der Waals surface area contributed by atoms with Gasteiger partial charge in [0.25, 0.3) is 0 Å². The molecule has 0 aliphatic carbocycles. The Morgan fingerprint density at radius 3 is 1.45 bits per heavy atom. The van der Waals surface area contributed by atoms with Crippen LogP contribution in [0.2, 0.25) is 0 Å². The monoisotopic (exact) mass is 308 g/mol. The standard InChI is InChI=1S/C15H33O4P/c1-4-6-8-10-12-14-18-20(16,17-3)19-15-13-11-9-7-5-2/h4-15H2,1-3H3. The molecule has 0 atom stereocenters. The van der Waals surface area contributed by atoms with Gasteiger partial charge in [-0.15, -0.1) is 0 Å². The number of phosphoric ester groups is 1. The van der Waals surface area contributed by atoms with Gasteiger partial charge in [-0.3, -0.25) is 13.6 Å². The quantitative estimate of drug-likeness (QED) is 0.287. The van der Waals surface area contributed by atoms with E-state index in [0.717, 1.165) is 25.7 Å². The van der Waals surface area contributed by atoms with E-state index in [1.54, 1.807) is 0 Å². The molecule has 4 nitrogen and oxygen atoms in total. The van der Waals surface area contributed by atoms with E-state index in [4.69, 9.17) is 13.6 Å². The van der Waals surface area contributed by atoms with Gasteiger partial charge in [0.2, 0.25) is 0 Å². The normalized spacial score (nSPS) is 11.9. The highest BCUT2D eigenvalue weighted by Crippen LogP contribution is 2.48. The van der Waals surface area contributed by atoms with Gasteiger partial charge >= 0.3 is 7.82 Å². The Labute approximate surface area is 125 Å². The smallest absolute Gasteiger partial charge is 0.290 e. The Morgan fingerprint density at radius 2 is 1.10 bits per heavy atom. The molecule has 0 saturated carbocycles. The molecule has 0 rings (SSSR count). The maximum absolute atomic E-state index is 12.1. The Bertz CT molecular complexity index is 226. The van der Waals surface area contributed by atoms with E-state index >= 15 is 0 Å². The number of rotatable bonds is 15. The van der Waals surface area contributed by atoms with Crippen molar-refractivity contribution in [2.75, 3.05) is 20.3 Å². The van der Waals surface area contributed by atoms with Crippen LogP contribution in [-0.4, -0.2) is 20.3 Å². The molecule has 0 spiro atoms. The van der Waals surface area contributed by atoms with E-state index in [0.29, 0.717) is 13.2 Å². The summed E-state index contributed by atoms with van der Waals surface area (Å²) in [6.07, 6.45) is 11.4. The van der Waals surface area contributed by atoms with Crippen LogP contribution in [0.3, 0.4) is 0 Å². The largest absolute Gasteiger partial charge is 0.474 e. The molecule has 0 N–H and O–H groups in total. The summed E-state index contributed by atoms with van der Waals surface area (Å²) in [5, 5.41) is 0. The van der Waals surface area contributed by atoms with Crippen molar-refractivity contribution < 1.29 is 18.1 Å². The van der Waals surface area contributed by atoms with Gasteiger partial charge in [0, 0.05) is 7.11 Å². The zero-order valence-electron chi connectivity index (χ0n) is 13.6. The molecule has 0 aromatic carbocycles. The number of hydrogen-bond acceptors (Lipinski definition) is 4. The van der Waals surface area contributed by atoms with Crippen molar-refractivity contribution in [3.05, 3.63) is 0 Å². The van der Waals surface area contributed by atoms with Gasteiger partial charge in [0.05, 0.1) is 13.2 Å². The molecule has 0 amide bonds. The fourth-order valence-corrected chi connectivity index (χ4v) is 2.90. The van der Waals surface area contributed by atoms with Gasteiger partial charge < -0.3 is 0 Å². The van der Waals surface area contributed by atoms with Crippen molar-refractivity contribution in [1.29, 1.82) is 0 Å². The van der Waals surface area contributed by atoms with E-state index in [9.17, 15) is 4.57 Å². The molecule has 0 aromatic heterocycles. The van der Waals surface area contributed by atoms with Gasteiger partial charge in [0.1, 0.15) is 0 Å². The summed E-state index contributed by atoms with van der Waals surface area (Å²) in [6.45, 7) is 5.27. The lowest BCUT2D eigenvalue weighted by atomic mass is 10.2. The van der Waals surface area contributed by atoms with Crippen LogP contribution in [0.15, 0.2) is 0 Å². The van der Waals surface area contributed by atoms with Crippen molar-refractivity contribution in [2.24, 2.45) is 0 Å². The van der Waals surface area contributed by atoms with Crippen LogP contribution >= 0.6 is 7.82 Å². The lowest BCUT2D eigenvalue weighted by Crippen LogP contribution is -2.01. The van der Waals surface area contributed by atoms with Gasteiger partial charge in [-0.25, -0.2) is 4.57 Å². The van der Waals surface area contributed by atoms with Crippen molar-refractivity contribution in [3.63, 3.8) is 0 Å². The summed E-state index contributed by atoms with van der Waals surface area (Å²) in [6, 6.07) is 0. The van der Waals surface area contributed by atoms with Crippen molar-refractivity contribution >= 4 is 7.82 Å². The summed E-state index contributed by atoms with van der Waals surface area (Å²) in [5.41, 5.74) is 0. The molecule has 5 heteroatoms. The Balaban J connectivity index is 3.60. The maximum Gasteiger partial charge on any atom is 0.474 e. The SMILES string of the molecule is CCCCCCCOP(=O)(OC)OCCCCCCC. The number of phosphoric acid groups is 1. The molecule has 0 radical (unpaired) electrons. The molecular formula is C15H33O4P. The topological polar surface area (TPSA) is 44.8 Å². The molecule has 0 unspecified atom stereocenters. The summed E-state index contributed by atoms with van der Waals surface area (Å²) in [7, 11) is -1.93. The lowest BCUT2D eigenvalue weighted by molar-refractivity contribution is 0.127. The fourth-order valence-electron chi connectivity index (χ4n) is 1.91. The average molecular weight is 308 g/mol. The Kier molecular flexibility index (Phi) is 14.1. The molecule has 0 aliphatic rings. The molecule has 0 saturated heterocycles. The first-order valence-electron chi connectivity index (χ1n) is 8.13. The van der Waals surface area contributed by atoms with Crippen LogP contribution in [0.25, 0.3) is 0 Å². The first-order valence-corrected chi connectivity index (χ1v) is 9.59. The summed E-state index contributed by atoms with van der Waals surface area (Å²) >= 11 is 0. The Hall–Kier alpha value is 0.110. The molecule has 0 heterocycles. The molecule has 0 fully saturated rings. The minimum atomic E-state index is -3.31. The van der Waals surface area contributed by atoms with Crippen LogP contribution in [0, 0.1) is 0 Å². The first kappa shape index (κ1) is 20.1. The highest BCUT2D eigenvalue weighted by molar-refractivity contribution is 7.48. The van der Waals surface area contributed by atoms with Crippen LogP contribution in [-0.2, 0) is 18.1 Å². The first-order chi connectivity index (χ1) is 9.68. The lowest BCUT2D eigenvalue weighted by Gasteiger charge is -2.15. The van der Waals surface area contributed by atoms with Crippen molar-refractivity contribution in [1.82, 2.24) is 0 Å². The summed E-state index contributed by atoms with van der Waals surface area (Å²) in [5.74, 6) is 0. The van der Waals surface area contributed by atoms with Gasteiger partial charge in [0.15, 0.2) is 0 Å². The second-order valence-corrected chi connectivity index (χ2v) is 6.90. The molecule has 0 aromatic rings. The van der Waals surface area contributed by atoms with Crippen LogP contribution < -0.4 is 0 Å². The number of unbranched alkanes of at least 4 members (excludes halogenated alkanes) is 8. The highest BCUT2D eigenvalue weighted by Gasteiger charge is 2.23. The third-order valence-corrected chi connectivity index (χ3v) is 4.66. The van der Waals surface area contributed by atoms with E-state index in [1.165, 1.54) is 45.6 Å². The summed E-state index contributed by atoms with van der Waals surface area (Å²) < 4.78 is 27.6. The minimum absolute atomic E-state index is 0.449. The fraction of sp³-hybridized carbons (Fsp3) is 1.00. The average Bonchev–Trinajstić information content (AvgIpc) is 2.46. The molecule has 0 bridgehead atoms. The van der Waals surface area contributed by atoms with E-state index in [2.05, 4.69) is 13.8 Å². The second-order valence-electron chi connectivity index (χ2n) is 5.12. The maximum atomic E-state index is 12.1. The molecule has 20 heavy (non-hydrogen) atoms. The van der Waals surface area contributed by atoms with Crippen LogP contribution in [0.5, 0.6) is 0 Å². The second kappa shape index (κ2) is 14.1. The predicted octanol–water partition coefficient (Wildman–Crippen LogP) is 5.71. The predicted molar refractivity (Wildman–Crippen MR) is 84.0 cm³/mol.